The molecule has 4 aromatic carbocycles. The monoisotopic (exact) mass is 735 g/mol. The zero-order valence-electron chi connectivity index (χ0n) is 29.8. The van der Waals surface area contributed by atoms with Crippen LogP contribution in [0.25, 0.3) is 27.1 Å². The van der Waals surface area contributed by atoms with Crippen LogP contribution in [0.4, 0.5) is 11.4 Å². The smallest absolute Gasteiger partial charge is 0.311 e. The van der Waals surface area contributed by atoms with Crippen molar-refractivity contribution < 1.29 is 33.4 Å². The topological polar surface area (TPSA) is 124 Å². The lowest BCUT2D eigenvalue weighted by atomic mass is 9.89. The van der Waals surface area contributed by atoms with Gasteiger partial charge in [0.25, 0.3) is 0 Å². The van der Waals surface area contributed by atoms with Crippen molar-refractivity contribution in [2.45, 2.75) is 47.2 Å². The average Bonchev–Trinajstić information content (AvgIpc) is 3.16. The van der Waals surface area contributed by atoms with E-state index in [9.17, 15) is 14.9 Å². The fourth-order valence-corrected chi connectivity index (χ4v) is 6.03. The average molecular weight is 736 g/mol. The van der Waals surface area contributed by atoms with E-state index >= 15 is 0 Å². The number of benzene rings is 4. The number of rotatable bonds is 17. The van der Waals surface area contributed by atoms with Crippen molar-refractivity contribution in [3.8, 4) is 39.5 Å². The van der Waals surface area contributed by atoms with Crippen molar-refractivity contribution in [3.63, 3.8) is 0 Å². The van der Waals surface area contributed by atoms with E-state index in [2.05, 4.69) is 9.83 Å². The van der Waals surface area contributed by atoms with Crippen LogP contribution in [0.2, 0.25) is 5.02 Å². The van der Waals surface area contributed by atoms with Gasteiger partial charge in [-0.3, -0.25) is 19.9 Å². The van der Waals surface area contributed by atoms with E-state index in [1.807, 2.05) is 64.1 Å². The number of ether oxygens (including phenoxy) is 5. The molecule has 0 atom stereocenters. The number of aldehydes is 1. The van der Waals surface area contributed by atoms with E-state index in [-0.39, 0.29) is 47.6 Å². The standard InChI is InChI=1S/C41H38ClN3O8/c1-6-49-41(50-7-2)25-53-38-15-14-29(18-37(38)45(47)48)33-11-9-13-35(27(33)4)34-12-8-10-30(26(34)3)24-52-40-19-39(31(22-46)17-36(40)42)51-23-28-16-32(43-5)21-44-20-28/h8-22,41H,6-7,23-25H2,1-4H3. The molecule has 272 valence electrons. The first kappa shape index (κ1) is 38.4. The van der Waals surface area contributed by atoms with E-state index in [0.29, 0.717) is 42.1 Å². The van der Waals surface area contributed by atoms with Crippen molar-refractivity contribution in [1.29, 1.82) is 0 Å². The second kappa shape index (κ2) is 18.1. The first-order chi connectivity index (χ1) is 25.7. The number of nitro benzene ring substituents is 1. The third kappa shape index (κ3) is 9.36. The van der Waals surface area contributed by atoms with Crippen molar-refractivity contribution in [3.05, 3.63) is 140 Å². The van der Waals surface area contributed by atoms with Crippen LogP contribution in [0.5, 0.6) is 17.2 Å². The number of nitrogens with zero attached hydrogens (tertiary/aromatic N) is 3. The Morgan fingerprint density at radius 3 is 2.25 bits per heavy atom. The first-order valence-electron chi connectivity index (χ1n) is 16.9. The van der Waals surface area contributed by atoms with Crippen LogP contribution in [0, 0.1) is 30.5 Å². The SMILES string of the molecule is [C-]#[N+]c1cncc(COc2cc(OCc3cccc(-c4cccc(-c5ccc(OCC(OCC)OCC)c([N+](=O)[O-])c5)c4C)c3C)c(Cl)cc2C=O)c1. The molecule has 0 spiro atoms. The Morgan fingerprint density at radius 1 is 0.849 bits per heavy atom. The minimum absolute atomic E-state index is 0.0127. The largest absolute Gasteiger partial charge is 0.488 e. The number of carbonyl (C=O) groups excluding carboxylic acids is 1. The molecule has 53 heavy (non-hydrogen) atoms. The maximum atomic E-state index is 12.1. The van der Waals surface area contributed by atoms with Gasteiger partial charge in [0.15, 0.2) is 18.3 Å². The highest BCUT2D eigenvalue weighted by Crippen LogP contribution is 2.39. The molecular formula is C41H38ClN3O8. The molecule has 0 aliphatic rings. The lowest BCUT2D eigenvalue weighted by Crippen LogP contribution is -2.25. The van der Waals surface area contributed by atoms with Gasteiger partial charge in [-0.2, -0.15) is 0 Å². The summed E-state index contributed by atoms with van der Waals surface area (Å²) in [6.07, 6.45) is 3.08. The van der Waals surface area contributed by atoms with E-state index in [4.69, 9.17) is 41.9 Å². The van der Waals surface area contributed by atoms with Gasteiger partial charge in [0.2, 0.25) is 5.69 Å². The number of nitro groups is 1. The number of aromatic nitrogens is 1. The van der Waals surface area contributed by atoms with Crippen LogP contribution < -0.4 is 14.2 Å². The summed E-state index contributed by atoms with van der Waals surface area (Å²) in [5, 5.41) is 12.4. The highest BCUT2D eigenvalue weighted by molar-refractivity contribution is 6.32. The molecule has 0 aliphatic heterocycles. The molecule has 0 saturated carbocycles. The minimum Gasteiger partial charge on any atom is -0.488 e. The lowest BCUT2D eigenvalue weighted by Gasteiger charge is -2.18. The second-order valence-electron chi connectivity index (χ2n) is 11.8. The van der Waals surface area contributed by atoms with Crippen LogP contribution in [0.15, 0.2) is 85.2 Å². The van der Waals surface area contributed by atoms with Crippen LogP contribution in [0.1, 0.15) is 46.5 Å². The molecule has 0 unspecified atom stereocenters. The second-order valence-corrected chi connectivity index (χ2v) is 12.2. The zero-order chi connectivity index (χ0) is 37.9. The van der Waals surface area contributed by atoms with Gasteiger partial charge in [-0.1, -0.05) is 54.1 Å². The highest BCUT2D eigenvalue weighted by atomic mass is 35.5. The molecule has 11 nitrogen and oxygen atoms in total. The number of hydrogen-bond acceptors (Lipinski definition) is 9. The summed E-state index contributed by atoms with van der Waals surface area (Å²) in [7, 11) is 0. The van der Waals surface area contributed by atoms with Gasteiger partial charge in [-0.25, -0.2) is 4.85 Å². The Labute approximate surface area is 313 Å². The molecule has 0 N–H and O–H groups in total. The molecule has 0 bridgehead atoms. The fourth-order valence-electron chi connectivity index (χ4n) is 5.80. The van der Waals surface area contributed by atoms with Gasteiger partial charge in [0.1, 0.15) is 31.3 Å². The summed E-state index contributed by atoms with van der Waals surface area (Å²) < 4.78 is 28.9. The Bertz CT molecular complexity index is 2140. The van der Waals surface area contributed by atoms with Crippen LogP contribution in [0.3, 0.4) is 0 Å². The molecular weight excluding hydrogens is 698 g/mol. The molecule has 5 rings (SSSR count). The quantitative estimate of drug-likeness (QED) is 0.0302. The van der Waals surface area contributed by atoms with Crippen molar-refractivity contribution in [1.82, 2.24) is 4.98 Å². The highest BCUT2D eigenvalue weighted by Gasteiger charge is 2.21. The Kier molecular flexibility index (Phi) is 13.1. The van der Waals surface area contributed by atoms with Gasteiger partial charge in [0.05, 0.1) is 22.1 Å². The molecule has 1 aromatic heterocycles. The maximum Gasteiger partial charge on any atom is 0.311 e. The summed E-state index contributed by atoms with van der Waals surface area (Å²) in [6, 6.07) is 21.5. The molecule has 0 aliphatic carbocycles. The third-order valence-electron chi connectivity index (χ3n) is 8.49. The molecule has 0 radical (unpaired) electrons. The number of halogens is 1. The maximum absolute atomic E-state index is 12.1. The summed E-state index contributed by atoms with van der Waals surface area (Å²) in [5.74, 6) is 0.748. The summed E-state index contributed by atoms with van der Waals surface area (Å²) >= 11 is 6.52. The fraction of sp³-hybridized carbons (Fsp3) is 0.244. The normalized spacial score (nSPS) is 10.9. The number of hydrogen-bond donors (Lipinski definition) is 0. The predicted octanol–water partition coefficient (Wildman–Crippen LogP) is 9.89. The molecule has 0 amide bonds. The van der Waals surface area contributed by atoms with Gasteiger partial charge in [-0.15, -0.1) is 0 Å². The molecule has 12 heteroatoms. The van der Waals surface area contributed by atoms with E-state index < -0.39 is 11.2 Å². The Morgan fingerprint density at radius 2 is 1.55 bits per heavy atom. The van der Waals surface area contributed by atoms with Crippen molar-refractivity contribution in [2.24, 2.45) is 0 Å². The number of pyridine rings is 1. The summed E-state index contributed by atoms with van der Waals surface area (Å²) in [6.45, 7) is 16.0. The van der Waals surface area contributed by atoms with E-state index in [1.54, 1.807) is 30.5 Å². The molecule has 5 aromatic rings. The lowest BCUT2D eigenvalue weighted by molar-refractivity contribution is -0.386. The van der Waals surface area contributed by atoms with Crippen LogP contribution in [-0.2, 0) is 22.7 Å². The molecule has 0 fully saturated rings. The Hall–Kier alpha value is -5.80. The summed E-state index contributed by atoms with van der Waals surface area (Å²) in [5.41, 5.74) is 7.43. The zero-order valence-corrected chi connectivity index (χ0v) is 30.5. The van der Waals surface area contributed by atoms with E-state index in [1.165, 1.54) is 18.3 Å². The first-order valence-corrected chi connectivity index (χ1v) is 17.2. The Balaban J connectivity index is 1.37. The van der Waals surface area contributed by atoms with Gasteiger partial charge < -0.3 is 23.7 Å². The molecule has 0 saturated heterocycles. The summed E-state index contributed by atoms with van der Waals surface area (Å²) in [4.78, 5) is 30.9. The van der Waals surface area contributed by atoms with Gasteiger partial charge >= 0.3 is 5.69 Å². The van der Waals surface area contributed by atoms with Crippen molar-refractivity contribution >= 4 is 29.3 Å². The molecule has 1 heterocycles. The predicted molar refractivity (Wildman–Crippen MR) is 202 cm³/mol. The minimum atomic E-state index is -0.636. The third-order valence-corrected chi connectivity index (χ3v) is 8.79. The van der Waals surface area contributed by atoms with Crippen molar-refractivity contribution in [2.75, 3.05) is 19.8 Å². The van der Waals surface area contributed by atoms with Crippen LogP contribution >= 0.6 is 11.6 Å². The van der Waals surface area contributed by atoms with E-state index in [0.717, 1.165) is 33.4 Å². The van der Waals surface area contributed by atoms with Gasteiger partial charge in [0, 0.05) is 37.7 Å². The van der Waals surface area contributed by atoms with Crippen LogP contribution in [-0.4, -0.2) is 42.3 Å². The number of carbonyl (C=O) groups is 1. The van der Waals surface area contributed by atoms with Gasteiger partial charge in [-0.05, 0) is 90.4 Å².